The molecule has 1 aliphatic heterocycles. The normalized spacial score (nSPS) is 20.6. The smallest absolute Gasteiger partial charge is 0.324 e. The number of methoxy groups -OCH3 is 1. The van der Waals surface area contributed by atoms with Crippen molar-refractivity contribution in [2.24, 2.45) is 0 Å². The lowest BCUT2D eigenvalue weighted by Crippen LogP contribution is -2.48. The van der Waals surface area contributed by atoms with Gasteiger partial charge in [0.25, 0.3) is 0 Å². The molecule has 1 fully saturated rings. The number of rotatable bonds is 3. The first-order valence-electron chi connectivity index (χ1n) is 6.35. The van der Waals surface area contributed by atoms with Crippen LogP contribution in [0.2, 0.25) is 0 Å². The molecule has 0 bridgehead atoms. The Bertz CT molecular complexity index is 581. The predicted molar refractivity (Wildman–Crippen MR) is 71.7 cm³/mol. The molecule has 2 rings (SSSR count). The third-order valence-corrected chi connectivity index (χ3v) is 5.29. The van der Waals surface area contributed by atoms with Gasteiger partial charge in [0.05, 0.1) is 12.0 Å². The van der Waals surface area contributed by atoms with E-state index in [1.807, 2.05) is 0 Å². The second kappa shape index (κ2) is 5.80. The molecule has 0 radical (unpaired) electrons. The van der Waals surface area contributed by atoms with Gasteiger partial charge in [0.2, 0.25) is 10.0 Å². The van der Waals surface area contributed by atoms with E-state index in [1.54, 1.807) is 0 Å². The van der Waals surface area contributed by atoms with E-state index in [-0.39, 0.29) is 10.6 Å². The Hall–Kier alpha value is -1.60. The fourth-order valence-corrected chi connectivity index (χ4v) is 3.96. The Morgan fingerprint density at radius 1 is 1.30 bits per heavy atom. The molecule has 1 aromatic carbocycles. The molecule has 1 N–H and O–H groups in total. The molecule has 1 heterocycles. The molecule has 6 nitrogen and oxygen atoms in total. The number of sulfonamides is 1. The van der Waals surface area contributed by atoms with Crippen LogP contribution in [0.25, 0.3) is 0 Å². The van der Waals surface area contributed by atoms with E-state index in [0.29, 0.717) is 19.4 Å². The molecule has 0 saturated carbocycles. The number of esters is 1. The molecule has 0 aromatic heterocycles. The van der Waals surface area contributed by atoms with Gasteiger partial charge in [-0.15, -0.1) is 0 Å². The van der Waals surface area contributed by atoms with E-state index in [9.17, 15) is 18.3 Å². The van der Waals surface area contributed by atoms with Crippen molar-refractivity contribution in [2.75, 3.05) is 13.7 Å². The SMILES string of the molecule is COC(=O)C1CCCCN1S(=O)(=O)c1ccc(O)cc1. The fourth-order valence-electron chi connectivity index (χ4n) is 2.32. The summed E-state index contributed by atoms with van der Waals surface area (Å²) in [5.41, 5.74) is 0. The summed E-state index contributed by atoms with van der Waals surface area (Å²) < 4.78 is 31.0. The highest BCUT2D eigenvalue weighted by molar-refractivity contribution is 7.89. The van der Waals surface area contributed by atoms with E-state index < -0.39 is 22.0 Å². The lowest BCUT2D eigenvalue weighted by molar-refractivity contribution is -0.146. The first-order valence-corrected chi connectivity index (χ1v) is 7.79. The monoisotopic (exact) mass is 299 g/mol. The highest BCUT2D eigenvalue weighted by Crippen LogP contribution is 2.26. The number of phenolic OH excluding ortho intramolecular Hbond substituents is 1. The summed E-state index contributed by atoms with van der Waals surface area (Å²) in [5, 5.41) is 9.23. The molecule has 0 aliphatic carbocycles. The van der Waals surface area contributed by atoms with E-state index in [2.05, 4.69) is 4.74 Å². The number of hydrogen-bond donors (Lipinski definition) is 1. The van der Waals surface area contributed by atoms with Gasteiger partial charge in [0.15, 0.2) is 0 Å². The maximum Gasteiger partial charge on any atom is 0.324 e. The minimum absolute atomic E-state index is 0.00730. The molecule has 110 valence electrons. The van der Waals surface area contributed by atoms with Crippen LogP contribution in [-0.2, 0) is 19.6 Å². The van der Waals surface area contributed by atoms with E-state index in [1.165, 1.54) is 35.7 Å². The fraction of sp³-hybridized carbons (Fsp3) is 0.462. The van der Waals surface area contributed by atoms with Crippen LogP contribution in [-0.4, -0.2) is 43.5 Å². The Balaban J connectivity index is 2.35. The molecular weight excluding hydrogens is 282 g/mol. The van der Waals surface area contributed by atoms with E-state index in [0.717, 1.165) is 6.42 Å². The Morgan fingerprint density at radius 3 is 2.55 bits per heavy atom. The van der Waals surface area contributed by atoms with Gasteiger partial charge in [-0.1, -0.05) is 0 Å². The Kier molecular flexibility index (Phi) is 4.29. The molecule has 20 heavy (non-hydrogen) atoms. The number of ether oxygens (including phenoxy) is 1. The topological polar surface area (TPSA) is 83.9 Å². The van der Waals surface area contributed by atoms with Gasteiger partial charge in [-0.3, -0.25) is 4.79 Å². The summed E-state index contributed by atoms with van der Waals surface area (Å²) in [4.78, 5) is 11.8. The van der Waals surface area contributed by atoms with Crippen LogP contribution in [0.15, 0.2) is 29.2 Å². The molecule has 1 atom stereocenters. The first kappa shape index (κ1) is 14.8. The zero-order chi connectivity index (χ0) is 14.8. The lowest BCUT2D eigenvalue weighted by atomic mass is 10.1. The number of piperidine rings is 1. The van der Waals surface area contributed by atoms with Crippen LogP contribution in [0.5, 0.6) is 5.75 Å². The molecule has 7 heteroatoms. The van der Waals surface area contributed by atoms with E-state index in [4.69, 9.17) is 0 Å². The number of benzene rings is 1. The summed E-state index contributed by atoms with van der Waals surface area (Å²) in [6.07, 6.45) is 1.97. The average Bonchev–Trinajstić information content (AvgIpc) is 2.47. The van der Waals surface area contributed by atoms with Crippen LogP contribution in [0, 0.1) is 0 Å². The zero-order valence-electron chi connectivity index (χ0n) is 11.2. The van der Waals surface area contributed by atoms with Crippen LogP contribution in [0.3, 0.4) is 0 Å². The van der Waals surface area contributed by atoms with Gasteiger partial charge in [-0.05, 0) is 43.5 Å². The van der Waals surface area contributed by atoms with Crippen molar-refractivity contribution in [2.45, 2.75) is 30.2 Å². The summed E-state index contributed by atoms with van der Waals surface area (Å²) in [7, 11) is -2.51. The van der Waals surface area contributed by atoms with E-state index >= 15 is 0 Å². The van der Waals surface area contributed by atoms with Crippen LogP contribution in [0.4, 0.5) is 0 Å². The third kappa shape index (κ3) is 2.78. The highest BCUT2D eigenvalue weighted by Gasteiger charge is 2.38. The number of carbonyl (C=O) groups excluding carboxylic acids is 1. The molecule has 0 amide bonds. The van der Waals surface area contributed by atoms with Crippen molar-refractivity contribution in [1.82, 2.24) is 4.31 Å². The van der Waals surface area contributed by atoms with Gasteiger partial charge < -0.3 is 9.84 Å². The second-order valence-corrected chi connectivity index (χ2v) is 6.53. The van der Waals surface area contributed by atoms with Crippen LogP contribution < -0.4 is 0 Å². The van der Waals surface area contributed by atoms with Gasteiger partial charge in [-0.2, -0.15) is 4.31 Å². The minimum atomic E-state index is -3.76. The van der Waals surface area contributed by atoms with Gasteiger partial charge in [0.1, 0.15) is 11.8 Å². The second-order valence-electron chi connectivity index (χ2n) is 4.64. The predicted octanol–water partition coefficient (Wildman–Crippen LogP) is 1.11. The van der Waals surface area contributed by atoms with Gasteiger partial charge in [0, 0.05) is 6.54 Å². The maximum absolute atomic E-state index is 12.6. The molecule has 0 spiro atoms. The Labute approximate surface area is 118 Å². The van der Waals surface area contributed by atoms with Crippen molar-refractivity contribution in [3.63, 3.8) is 0 Å². The summed E-state index contributed by atoms with van der Waals surface area (Å²) >= 11 is 0. The number of carbonyl (C=O) groups is 1. The molecular formula is C13H17NO5S. The number of hydrogen-bond acceptors (Lipinski definition) is 5. The van der Waals surface area contributed by atoms with Crippen molar-refractivity contribution < 1.29 is 23.1 Å². The third-order valence-electron chi connectivity index (χ3n) is 3.37. The zero-order valence-corrected chi connectivity index (χ0v) is 12.0. The highest BCUT2D eigenvalue weighted by atomic mass is 32.2. The average molecular weight is 299 g/mol. The van der Waals surface area contributed by atoms with Crippen molar-refractivity contribution in [3.8, 4) is 5.75 Å². The largest absolute Gasteiger partial charge is 0.508 e. The standard InChI is InChI=1S/C13H17NO5S/c1-19-13(16)12-4-2-3-9-14(12)20(17,18)11-7-5-10(15)6-8-11/h5-8,12,15H,2-4,9H2,1H3. The van der Waals surface area contributed by atoms with Crippen LogP contribution >= 0.6 is 0 Å². The summed E-state index contributed by atoms with van der Waals surface area (Å²) in [6, 6.07) is 4.50. The minimum Gasteiger partial charge on any atom is -0.508 e. The van der Waals surface area contributed by atoms with Crippen molar-refractivity contribution in [3.05, 3.63) is 24.3 Å². The molecule has 1 aromatic rings. The van der Waals surface area contributed by atoms with Gasteiger partial charge in [-0.25, -0.2) is 8.42 Å². The quantitative estimate of drug-likeness (QED) is 0.845. The molecule has 1 saturated heterocycles. The number of aromatic hydroxyl groups is 1. The first-order chi connectivity index (χ1) is 9.46. The maximum atomic E-state index is 12.6. The Morgan fingerprint density at radius 2 is 1.95 bits per heavy atom. The lowest BCUT2D eigenvalue weighted by Gasteiger charge is -2.32. The summed E-state index contributed by atoms with van der Waals surface area (Å²) in [6.45, 7) is 0.295. The molecule has 1 unspecified atom stereocenters. The van der Waals surface area contributed by atoms with Crippen LogP contribution in [0.1, 0.15) is 19.3 Å². The van der Waals surface area contributed by atoms with Crippen molar-refractivity contribution in [1.29, 1.82) is 0 Å². The number of phenols is 1. The van der Waals surface area contributed by atoms with Crippen molar-refractivity contribution >= 4 is 16.0 Å². The molecule has 1 aliphatic rings. The number of nitrogens with zero attached hydrogens (tertiary/aromatic N) is 1. The summed E-state index contributed by atoms with van der Waals surface area (Å²) in [5.74, 6) is -0.542. The van der Waals surface area contributed by atoms with Gasteiger partial charge >= 0.3 is 5.97 Å².